The van der Waals surface area contributed by atoms with E-state index in [0.717, 1.165) is 43.3 Å². The Balaban J connectivity index is 2.50. The molecule has 0 N–H and O–H groups in total. The van der Waals surface area contributed by atoms with Crippen LogP contribution in [0.25, 0.3) is 0 Å². The van der Waals surface area contributed by atoms with Gasteiger partial charge >= 0.3 is 11.4 Å². The van der Waals surface area contributed by atoms with Crippen molar-refractivity contribution >= 4 is 22.7 Å². The summed E-state index contributed by atoms with van der Waals surface area (Å²) >= 11 is 0. The summed E-state index contributed by atoms with van der Waals surface area (Å²) in [5, 5.41) is 51.2. The van der Waals surface area contributed by atoms with Crippen molar-refractivity contribution in [2.24, 2.45) is 10.2 Å². The van der Waals surface area contributed by atoms with Crippen LogP contribution in [0.3, 0.4) is 0 Å². The van der Waals surface area contributed by atoms with E-state index in [1.165, 1.54) is 0 Å². The average molecular weight is 390 g/mol. The fraction of sp³-hybridized carbons (Fsp3) is 0.143. The summed E-state index contributed by atoms with van der Waals surface area (Å²) in [7, 11) is 0. The highest BCUT2D eigenvalue weighted by atomic mass is 16.6. The average Bonchev–Trinajstić information content (AvgIpc) is 2.65. The first-order valence-corrected chi connectivity index (χ1v) is 7.31. The van der Waals surface area contributed by atoms with E-state index >= 15 is 0 Å². The first-order chi connectivity index (χ1) is 13.1. The summed E-state index contributed by atoms with van der Waals surface area (Å²) in [6, 6.07) is 6.85. The van der Waals surface area contributed by atoms with Crippen LogP contribution in [-0.4, -0.2) is 19.7 Å². The maximum absolute atomic E-state index is 11.5. The lowest BCUT2D eigenvalue weighted by Crippen LogP contribution is -2.29. The van der Waals surface area contributed by atoms with Crippen molar-refractivity contribution in [3.8, 4) is 0 Å². The van der Waals surface area contributed by atoms with Crippen LogP contribution in [0.1, 0.15) is 12.5 Å². The molecule has 0 saturated carbocycles. The molecule has 2 rings (SSSR count). The maximum Gasteiger partial charge on any atom is 0.352 e. The molecule has 0 amide bonds. The molecule has 2 aromatic carbocycles. The van der Waals surface area contributed by atoms with E-state index in [-0.39, 0.29) is 11.3 Å². The molecule has 1 unspecified atom stereocenters. The fourth-order valence-corrected chi connectivity index (χ4v) is 2.11. The molecule has 0 aliphatic heterocycles. The standard InChI is InChI=1S/C14H10N6O8/c1-14(20(27)28,9-2-4-10(5-3-9)17(21)22)16-15-12-7-6-11(18(23)24)8-13(12)19(25)26/h2-8H,1H3. The monoisotopic (exact) mass is 390 g/mol. The van der Waals surface area contributed by atoms with Gasteiger partial charge in [0.2, 0.25) is 0 Å². The largest absolute Gasteiger partial charge is 0.352 e. The van der Waals surface area contributed by atoms with Gasteiger partial charge in [0.05, 0.1) is 31.3 Å². The number of non-ortho nitro benzene ring substituents is 2. The quantitative estimate of drug-likeness (QED) is 0.387. The Labute approximate surface area is 154 Å². The van der Waals surface area contributed by atoms with E-state index in [1.54, 1.807) is 0 Å². The van der Waals surface area contributed by atoms with E-state index < -0.39 is 42.4 Å². The Kier molecular flexibility index (Phi) is 5.33. The van der Waals surface area contributed by atoms with E-state index in [0.29, 0.717) is 6.07 Å². The molecule has 0 saturated heterocycles. The lowest BCUT2D eigenvalue weighted by Gasteiger charge is -2.15. The number of hydrogen-bond donors (Lipinski definition) is 0. The van der Waals surface area contributed by atoms with Gasteiger partial charge in [-0.2, -0.15) is 0 Å². The summed E-state index contributed by atoms with van der Waals surface area (Å²) in [5.74, 6) is 0. The second kappa shape index (κ2) is 7.48. The number of benzene rings is 2. The summed E-state index contributed by atoms with van der Waals surface area (Å²) in [6.45, 7) is 1.05. The normalized spacial score (nSPS) is 13.0. The Morgan fingerprint density at radius 3 is 1.79 bits per heavy atom. The smallest absolute Gasteiger partial charge is 0.262 e. The molecule has 14 heteroatoms. The molecular weight excluding hydrogens is 380 g/mol. The molecule has 0 aromatic heterocycles. The minimum atomic E-state index is -2.20. The summed E-state index contributed by atoms with van der Waals surface area (Å²) in [5.41, 5.74) is -4.30. The van der Waals surface area contributed by atoms with Crippen molar-refractivity contribution in [2.45, 2.75) is 12.6 Å². The number of nitro groups is 4. The van der Waals surface area contributed by atoms with Gasteiger partial charge in [-0.1, -0.05) is 0 Å². The second-order valence-corrected chi connectivity index (χ2v) is 5.47. The van der Waals surface area contributed by atoms with Gasteiger partial charge in [0.15, 0.2) is 5.69 Å². The highest BCUT2D eigenvalue weighted by Crippen LogP contribution is 2.34. The van der Waals surface area contributed by atoms with E-state index in [4.69, 9.17) is 0 Å². The van der Waals surface area contributed by atoms with Gasteiger partial charge in [-0.05, 0) is 18.2 Å². The van der Waals surface area contributed by atoms with E-state index in [1.807, 2.05) is 0 Å². The van der Waals surface area contributed by atoms with Crippen LogP contribution in [0.5, 0.6) is 0 Å². The minimum Gasteiger partial charge on any atom is -0.262 e. The van der Waals surface area contributed by atoms with Crippen LogP contribution in [0.4, 0.5) is 22.7 Å². The molecular formula is C14H10N6O8. The Morgan fingerprint density at radius 1 is 0.786 bits per heavy atom. The Hall–Kier alpha value is -4.36. The third-order valence-corrected chi connectivity index (χ3v) is 3.70. The molecule has 2 aromatic rings. The van der Waals surface area contributed by atoms with Gasteiger partial charge < -0.3 is 0 Å². The number of hydrogen-bond acceptors (Lipinski definition) is 10. The van der Waals surface area contributed by atoms with Crippen molar-refractivity contribution in [1.29, 1.82) is 0 Å². The highest BCUT2D eigenvalue weighted by Gasteiger charge is 2.40. The first-order valence-electron chi connectivity index (χ1n) is 7.31. The zero-order chi connectivity index (χ0) is 21.1. The topological polar surface area (TPSA) is 197 Å². The van der Waals surface area contributed by atoms with Crippen LogP contribution in [0, 0.1) is 40.5 Å². The van der Waals surface area contributed by atoms with Gasteiger partial charge in [0.1, 0.15) is 0 Å². The van der Waals surface area contributed by atoms with Gasteiger partial charge in [0.25, 0.3) is 11.4 Å². The van der Waals surface area contributed by atoms with Crippen LogP contribution in [0.2, 0.25) is 0 Å². The third kappa shape index (κ3) is 3.90. The van der Waals surface area contributed by atoms with Gasteiger partial charge in [0, 0.05) is 25.1 Å². The van der Waals surface area contributed by atoms with E-state index in [2.05, 4.69) is 10.2 Å². The summed E-state index contributed by atoms with van der Waals surface area (Å²) in [6.07, 6.45) is 0. The van der Waals surface area contributed by atoms with Gasteiger partial charge in [-0.25, -0.2) is 0 Å². The lowest BCUT2D eigenvalue weighted by atomic mass is 10.0. The van der Waals surface area contributed by atoms with Crippen LogP contribution < -0.4 is 0 Å². The fourth-order valence-electron chi connectivity index (χ4n) is 2.11. The number of nitro benzene ring substituents is 3. The zero-order valence-electron chi connectivity index (χ0n) is 14.0. The molecule has 0 radical (unpaired) electrons. The molecule has 0 spiro atoms. The van der Waals surface area contributed by atoms with Crippen molar-refractivity contribution < 1.29 is 19.7 Å². The molecule has 1 atom stereocenters. The third-order valence-electron chi connectivity index (χ3n) is 3.70. The van der Waals surface area contributed by atoms with Gasteiger partial charge in [-0.15, -0.1) is 10.2 Å². The van der Waals surface area contributed by atoms with Crippen LogP contribution in [-0.2, 0) is 5.66 Å². The van der Waals surface area contributed by atoms with E-state index in [9.17, 15) is 40.5 Å². The van der Waals surface area contributed by atoms with Crippen LogP contribution >= 0.6 is 0 Å². The SMILES string of the molecule is CC(N=Nc1ccc([N+](=O)[O-])cc1[N+](=O)[O-])(c1ccc([N+](=O)[O-])cc1)[N+](=O)[O-]. The molecule has 28 heavy (non-hydrogen) atoms. The predicted molar refractivity (Wildman–Crippen MR) is 91.7 cm³/mol. The minimum absolute atomic E-state index is 0.0589. The number of azo groups is 1. The van der Waals surface area contributed by atoms with Gasteiger partial charge in [-0.3, -0.25) is 40.5 Å². The van der Waals surface area contributed by atoms with Crippen LogP contribution in [0.15, 0.2) is 52.7 Å². The maximum atomic E-state index is 11.5. The molecule has 0 aliphatic rings. The molecule has 144 valence electrons. The lowest BCUT2D eigenvalue weighted by molar-refractivity contribution is -0.573. The second-order valence-electron chi connectivity index (χ2n) is 5.47. The van der Waals surface area contributed by atoms with Crippen molar-refractivity contribution in [3.63, 3.8) is 0 Å². The van der Waals surface area contributed by atoms with Crippen molar-refractivity contribution in [3.05, 3.63) is 88.5 Å². The number of nitrogens with zero attached hydrogens (tertiary/aromatic N) is 6. The Bertz CT molecular complexity index is 1010. The van der Waals surface area contributed by atoms with Crippen molar-refractivity contribution in [1.82, 2.24) is 0 Å². The summed E-state index contributed by atoms with van der Waals surface area (Å²) < 4.78 is 0. The summed E-state index contributed by atoms with van der Waals surface area (Å²) in [4.78, 5) is 40.8. The molecule has 0 fully saturated rings. The zero-order valence-corrected chi connectivity index (χ0v) is 14.0. The predicted octanol–water partition coefficient (Wildman–Crippen LogP) is 3.64. The Morgan fingerprint density at radius 2 is 1.32 bits per heavy atom. The molecule has 0 aliphatic carbocycles. The van der Waals surface area contributed by atoms with Crippen molar-refractivity contribution in [2.75, 3.05) is 0 Å². The molecule has 0 heterocycles. The highest BCUT2D eigenvalue weighted by molar-refractivity contribution is 5.61. The first kappa shape index (κ1) is 20.0. The molecule has 0 bridgehead atoms. The number of rotatable bonds is 7. The molecule has 14 nitrogen and oxygen atoms in total.